The molecular weight excluding hydrogens is 290 g/mol. The van der Waals surface area contributed by atoms with Crippen LogP contribution in [0.4, 0.5) is 8.78 Å². The van der Waals surface area contributed by atoms with E-state index in [1.807, 2.05) is 11.8 Å². The van der Waals surface area contributed by atoms with Crippen LogP contribution in [0.1, 0.15) is 31.9 Å². The molecule has 1 N–H and O–H groups in total. The third-order valence-electron chi connectivity index (χ3n) is 4.42. The van der Waals surface area contributed by atoms with Crippen molar-refractivity contribution in [2.45, 2.75) is 37.6 Å². The highest BCUT2D eigenvalue weighted by Crippen LogP contribution is 2.27. The van der Waals surface area contributed by atoms with E-state index >= 15 is 0 Å². The number of halogens is 2. The Labute approximate surface area is 130 Å². The maximum Gasteiger partial charge on any atom is 0.163 e. The summed E-state index contributed by atoms with van der Waals surface area (Å²) in [5.41, 5.74) is 0.421. The molecule has 3 unspecified atom stereocenters. The van der Waals surface area contributed by atoms with E-state index in [1.165, 1.54) is 0 Å². The van der Waals surface area contributed by atoms with E-state index in [9.17, 15) is 8.78 Å². The molecule has 118 valence electrons. The summed E-state index contributed by atoms with van der Waals surface area (Å²) in [4.78, 5) is 2.45. The van der Waals surface area contributed by atoms with E-state index in [0.29, 0.717) is 16.9 Å². The Kier molecular flexibility index (Phi) is 6.02. The largest absolute Gasteiger partial charge is 0.313 e. The predicted molar refractivity (Wildman–Crippen MR) is 85.7 cm³/mol. The van der Waals surface area contributed by atoms with E-state index < -0.39 is 11.6 Å². The fourth-order valence-corrected chi connectivity index (χ4v) is 4.01. The van der Waals surface area contributed by atoms with Crippen molar-refractivity contribution in [3.8, 4) is 0 Å². The van der Waals surface area contributed by atoms with Gasteiger partial charge in [-0.2, -0.15) is 11.8 Å². The molecule has 2 nitrogen and oxygen atoms in total. The van der Waals surface area contributed by atoms with Gasteiger partial charge in [0.25, 0.3) is 0 Å². The van der Waals surface area contributed by atoms with Crippen LogP contribution < -0.4 is 5.32 Å². The molecule has 1 fully saturated rings. The summed E-state index contributed by atoms with van der Waals surface area (Å²) in [6, 6.07) is 4.77. The first-order valence-corrected chi connectivity index (χ1v) is 8.56. The molecule has 3 atom stereocenters. The summed E-state index contributed by atoms with van der Waals surface area (Å²) in [5.74, 6) is -0.360. The van der Waals surface area contributed by atoms with Crippen molar-refractivity contribution in [2.24, 2.45) is 0 Å². The van der Waals surface area contributed by atoms with Crippen LogP contribution in [0.5, 0.6) is 0 Å². The molecule has 5 heteroatoms. The molecule has 1 heterocycles. The van der Waals surface area contributed by atoms with Crippen LogP contribution in [0.3, 0.4) is 0 Å². The molecule has 0 bridgehead atoms. The molecule has 2 rings (SSSR count). The number of nitrogens with one attached hydrogen (secondary N) is 1. The summed E-state index contributed by atoms with van der Waals surface area (Å²) in [7, 11) is 1.80. The lowest BCUT2D eigenvalue weighted by Crippen LogP contribution is -2.45. The molecule has 0 saturated carbocycles. The smallest absolute Gasteiger partial charge is 0.163 e. The molecule has 1 saturated heterocycles. The van der Waals surface area contributed by atoms with Crippen LogP contribution in [0.25, 0.3) is 0 Å². The third kappa shape index (κ3) is 3.96. The van der Waals surface area contributed by atoms with Crippen molar-refractivity contribution in [3.05, 3.63) is 35.4 Å². The first-order valence-electron chi connectivity index (χ1n) is 7.51. The molecule has 1 aliphatic rings. The summed E-state index contributed by atoms with van der Waals surface area (Å²) in [6.07, 6.45) is 0.776. The fourth-order valence-electron chi connectivity index (χ4n) is 2.85. The van der Waals surface area contributed by atoms with Crippen molar-refractivity contribution in [2.75, 3.05) is 25.9 Å². The van der Waals surface area contributed by atoms with Gasteiger partial charge in [-0.15, -0.1) is 0 Å². The zero-order valence-corrected chi connectivity index (χ0v) is 13.7. The molecule has 1 aromatic carbocycles. The van der Waals surface area contributed by atoms with Crippen molar-refractivity contribution in [3.63, 3.8) is 0 Å². The number of hydrogen-bond donors (Lipinski definition) is 1. The first-order chi connectivity index (χ1) is 10.0. The van der Waals surface area contributed by atoms with Crippen LogP contribution in [0, 0.1) is 11.6 Å². The third-order valence-corrected chi connectivity index (χ3v) is 5.76. The van der Waals surface area contributed by atoms with Gasteiger partial charge >= 0.3 is 0 Å². The van der Waals surface area contributed by atoms with E-state index in [0.717, 1.165) is 31.3 Å². The van der Waals surface area contributed by atoms with Gasteiger partial charge < -0.3 is 5.32 Å². The highest BCUT2D eigenvalue weighted by Gasteiger charge is 2.26. The second kappa shape index (κ2) is 7.56. The summed E-state index contributed by atoms with van der Waals surface area (Å²) < 4.78 is 27.3. The van der Waals surface area contributed by atoms with Crippen molar-refractivity contribution in [1.82, 2.24) is 10.2 Å². The normalized spacial score (nSPS) is 25.0. The minimum Gasteiger partial charge on any atom is -0.313 e. The highest BCUT2D eigenvalue weighted by molar-refractivity contribution is 8.00. The number of nitrogens with zero attached hydrogens (tertiary/aromatic N) is 1. The molecule has 0 aromatic heterocycles. The molecule has 0 aliphatic carbocycles. The monoisotopic (exact) mass is 314 g/mol. The average molecular weight is 314 g/mol. The lowest BCUT2D eigenvalue weighted by molar-refractivity contribution is 0.202. The topological polar surface area (TPSA) is 15.3 Å². The number of thioether (sulfide) groups is 1. The van der Waals surface area contributed by atoms with Crippen LogP contribution >= 0.6 is 11.8 Å². The van der Waals surface area contributed by atoms with E-state index in [2.05, 4.69) is 24.1 Å². The lowest BCUT2D eigenvalue weighted by Gasteiger charge is -2.38. The minimum atomic E-state index is -0.774. The van der Waals surface area contributed by atoms with Gasteiger partial charge in [-0.25, -0.2) is 8.78 Å². The van der Waals surface area contributed by atoms with E-state index in [1.54, 1.807) is 19.2 Å². The lowest BCUT2D eigenvalue weighted by atomic mass is 10.0. The van der Waals surface area contributed by atoms with Gasteiger partial charge in [0.05, 0.1) is 0 Å². The SMILES string of the molecule is CNC(CCN1CCSC(C)C1C)c1cccc(F)c1F. The zero-order chi connectivity index (χ0) is 15.4. The highest BCUT2D eigenvalue weighted by atomic mass is 32.2. The van der Waals surface area contributed by atoms with Crippen LogP contribution in [-0.2, 0) is 0 Å². The van der Waals surface area contributed by atoms with Crippen molar-refractivity contribution in [1.29, 1.82) is 0 Å². The van der Waals surface area contributed by atoms with Gasteiger partial charge in [0, 0.05) is 41.7 Å². The van der Waals surface area contributed by atoms with Crippen molar-refractivity contribution < 1.29 is 8.78 Å². The molecule has 0 spiro atoms. The number of hydrogen-bond acceptors (Lipinski definition) is 3. The summed E-state index contributed by atoms with van der Waals surface area (Å²) in [6.45, 7) is 6.46. The standard InChI is InChI=1S/C16H24F2N2S/c1-11-12(2)21-10-9-20(11)8-7-15(19-3)13-5-4-6-14(17)16(13)18/h4-6,11-12,15,19H,7-10H2,1-3H3. The van der Waals surface area contributed by atoms with Gasteiger partial charge in [-0.05, 0) is 26.5 Å². The van der Waals surface area contributed by atoms with Gasteiger partial charge in [0.2, 0.25) is 0 Å². The van der Waals surface area contributed by atoms with E-state index in [-0.39, 0.29) is 6.04 Å². The number of benzene rings is 1. The number of rotatable bonds is 5. The Morgan fingerprint density at radius 1 is 1.38 bits per heavy atom. The molecule has 0 radical (unpaired) electrons. The Bertz CT molecular complexity index is 470. The first kappa shape index (κ1) is 16.7. The van der Waals surface area contributed by atoms with Crippen LogP contribution in [0.2, 0.25) is 0 Å². The Balaban J connectivity index is 2.01. The minimum absolute atomic E-state index is 0.155. The molecule has 1 aromatic rings. The molecule has 0 amide bonds. The Hall–Kier alpha value is -0.650. The predicted octanol–water partition coefficient (Wildman–Crippen LogP) is 3.44. The Morgan fingerprint density at radius 2 is 2.14 bits per heavy atom. The summed E-state index contributed by atoms with van der Waals surface area (Å²) >= 11 is 2.00. The van der Waals surface area contributed by atoms with Gasteiger partial charge in [0.1, 0.15) is 0 Å². The average Bonchev–Trinajstić information content (AvgIpc) is 2.48. The van der Waals surface area contributed by atoms with E-state index in [4.69, 9.17) is 0 Å². The maximum absolute atomic E-state index is 13.9. The van der Waals surface area contributed by atoms with Gasteiger partial charge in [-0.3, -0.25) is 4.90 Å². The second-order valence-electron chi connectivity index (χ2n) is 5.63. The molecule has 1 aliphatic heterocycles. The fraction of sp³-hybridized carbons (Fsp3) is 0.625. The molecular formula is C16H24F2N2S. The van der Waals surface area contributed by atoms with Gasteiger partial charge in [0.15, 0.2) is 11.6 Å². The second-order valence-corrected chi connectivity index (χ2v) is 7.11. The van der Waals surface area contributed by atoms with Crippen LogP contribution in [0.15, 0.2) is 18.2 Å². The molecule has 21 heavy (non-hydrogen) atoms. The Morgan fingerprint density at radius 3 is 2.86 bits per heavy atom. The zero-order valence-electron chi connectivity index (χ0n) is 12.9. The summed E-state index contributed by atoms with van der Waals surface area (Å²) in [5, 5.41) is 3.74. The van der Waals surface area contributed by atoms with Gasteiger partial charge in [-0.1, -0.05) is 19.1 Å². The quantitative estimate of drug-likeness (QED) is 0.896. The van der Waals surface area contributed by atoms with Crippen molar-refractivity contribution >= 4 is 11.8 Å². The van der Waals surface area contributed by atoms with Crippen LogP contribution in [-0.4, -0.2) is 42.1 Å². The maximum atomic E-state index is 13.9.